The fourth-order valence-electron chi connectivity index (χ4n) is 1.17. The molecule has 0 aliphatic carbocycles. The second kappa shape index (κ2) is 6.02. The number of aliphatic hydroxyl groups is 1. The molecular weight excluding hydrogens is 230 g/mol. The van der Waals surface area contributed by atoms with Gasteiger partial charge in [-0.05, 0) is 18.6 Å². The molecule has 0 bridgehead atoms. The Morgan fingerprint density at radius 1 is 1.60 bits per heavy atom. The van der Waals surface area contributed by atoms with E-state index in [1.807, 2.05) is 19.1 Å². The van der Waals surface area contributed by atoms with Gasteiger partial charge in [-0.15, -0.1) is 11.8 Å². The highest BCUT2D eigenvalue weighted by molar-refractivity contribution is 8.00. The minimum absolute atomic E-state index is 0.163. The molecule has 1 N–H and O–H groups in total. The van der Waals surface area contributed by atoms with Crippen molar-refractivity contribution in [2.75, 3.05) is 6.61 Å². The van der Waals surface area contributed by atoms with Crippen LogP contribution in [0.15, 0.2) is 23.1 Å². The largest absolute Gasteiger partial charge is 0.396 e. The molecule has 0 aromatic heterocycles. The molecule has 0 saturated heterocycles. The Hall–Kier alpha value is -0.690. The molecule has 0 saturated carbocycles. The number of rotatable bonds is 4. The molecule has 0 aliphatic rings. The van der Waals surface area contributed by atoms with Crippen LogP contribution in [0, 0.1) is 11.3 Å². The summed E-state index contributed by atoms with van der Waals surface area (Å²) in [5.41, 5.74) is 0.522. The molecule has 0 aliphatic heterocycles. The van der Waals surface area contributed by atoms with Gasteiger partial charge in [-0.3, -0.25) is 0 Å². The summed E-state index contributed by atoms with van der Waals surface area (Å²) in [6, 6.07) is 7.51. The van der Waals surface area contributed by atoms with Crippen molar-refractivity contribution in [3.8, 4) is 6.07 Å². The van der Waals surface area contributed by atoms with Crippen molar-refractivity contribution < 1.29 is 5.11 Å². The summed E-state index contributed by atoms with van der Waals surface area (Å²) >= 11 is 7.47. The van der Waals surface area contributed by atoms with Crippen LogP contribution in [0.3, 0.4) is 0 Å². The predicted molar refractivity (Wildman–Crippen MR) is 63.2 cm³/mol. The molecular formula is C11H12ClNOS. The Labute approximate surface area is 98.9 Å². The Morgan fingerprint density at radius 3 is 2.93 bits per heavy atom. The first-order valence-corrected chi connectivity index (χ1v) is 5.91. The summed E-state index contributed by atoms with van der Waals surface area (Å²) < 4.78 is 0. The van der Waals surface area contributed by atoms with Crippen LogP contribution in [-0.4, -0.2) is 17.0 Å². The highest BCUT2D eigenvalue weighted by Gasteiger charge is 2.10. The predicted octanol–water partition coefficient (Wildman–Crippen LogP) is 3.07. The number of benzene rings is 1. The molecule has 1 unspecified atom stereocenters. The van der Waals surface area contributed by atoms with Crippen LogP contribution in [0.2, 0.25) is 5.02 Å². The molecule has 0 heterocycles. The topological polar surface area (TPSA) is 44.0 Å². The van der Waals surface area contributed by atoms with Crippen molar-refractivity contribution >= 4 is 23.4 Å². The number of hydrogen-bond acceptors (Lipinski definition) is 3. The van der Waals surface area contributed by atoms with Crippen LogP contribution in [0.1, 0.15) is 18.9 Å². The van der Waals surface area contributed by atoms with E-state index in [0.29, 0.717) is 17.0 Å². The third-order valence-corrected chi connectivity index (χ3v) is 3.50. The summed E-state index contributed by atoms with van der Waals surface area (Å²) in [5.74, 6) is 0. The molecule has 0 radical (unpaired) electrons. The standard InChI is InChI=1S/C11H12ClNOS/c1-8(5-6-14)15-11-4-2-3-10(12)9(11)7-13/h2-4,8,14H,5-6H2,1H3. The lowest BCUT2D eigenvalue weighted by Crippen LogP contribution is -1.99. The normalized spacial score (nSPS) is 12.1. The highest BCUT2D eigenvalue weighted by atomic mass is 35.5. The molecule has 0 amide bonds. The van der Waals surface area contributed by atoms with E-state index < -0.39 is 0 Å². The number of nitriles is 1. The van der Waals surface area contributed by atoms with E-state index >= 15 is 0 Å². The molecule has 15 heavy (non-hydrogen) atoms. The van der Waals surface area contributed by atoms with Crippen LogP contribution in [0.25, 0.3) is 0 Å². The first-order valence-electron chi connectivity index (χ1n) is 4.65. The summed E-state index contributed by atoms with van der Waals surface area (Å²) in [6.07, 6.45) is 0.710. The smallest absolute Gasteiger partial charge is 0.102 e. The van der Waals surface area contributed by atoms with E-state index in [9.17, 15) is 0 Å². The van der Waals surface area contributed by atoms with Gasteiger partial charge < -0.3 is 5.11 Å². The third kappa shape index (κ3) is 3.42. The fourth-order valence-corrected chi connectivity index (χ4v) is 2.53. The second-order valence-corrected chi connectivity index (χ2v) is 5.05. The second-order valence-electron chi connectivity index (χ2n) is 3.17. The van der Waals surface area contributed by atoms with Crippen LogP contribution >= 0.6 is 23.4 Å². The van der Waals surface area contributed by atoms with E-state index in [1.54, 1.807) is 17.8 Å². The molecule has 4 heteroatoms. The molecule has 2 nitrogen and oxygen atoms in total. The lowest BCUT2D eigenvalue weighted by Gasteiger charge is -2.10. The zero-order chi connectivity index (χ0) is 11.3. The van der Waals surface area contributed by atoms with E-state index in [1.165, 1.54) is 0 Å². The number of aliphatic hydroxyl groups excluding tert-OH is 1. The Balaban J connectivity index is 2.86. The lowest BCUT2D eigenvalue weighted by molar-refractivity contribution is 0.289. The van der Waals surface area contributed by atoms with Gasteiger partial charge in [0.15, 0.2) is 0 Å². The van der Waals surface area contributed by atoms with Crippen LogP contribution in [-0.2, 0) is 0 Å². The summed E-state index contributed by atoms with van der Waals surface area (Å²) in [5, 5.41) is 18.5. The van der Waals surface area contributed by atoms with Crippen molar-refractivity contribution in [1.82, 2.24) is 0 Å². The Morgan fingerprint density at radius 2 is 2.33 bits per heavy atom. The van der Waals surface area contributed by atoms with E-state index in [4.69, 9.17) is 22.0 Å². The molecule has 1 aromatic carbocycles. The van der Waals surface area contributed by atoms with Gasteiger partial charge in [0.25, 0.3) is 0 Å². The van der Waals surface area contributed by atoms with Gasteiger partial charge in [0, 0.05) is 16.8 Å². The summed E-state index contributed by atoms with van der Waals surface area (Å²) in [4.78, 5) is 0.881. The van der Waals surface area contributed by atoms with E-state index in [-0.39, 0.29) is 11.9 Å². The van der Waals surface area contributed by atoms with Gasteiger partial charge in [0.1, 0.15) is 6.07 Å². The first-order chi connectivity index (χ1) is 7.19. The molecule has 1 atom stereocenters. The van der Waals surface area contributed by atoms with E-state index in [2.05, 4.69) is 6.07 Å². The molecule has 0 spiro atoms. The van der Waals surface area contributed by atoms with E-state index in [0.717, 1.165) is 4.90 Å². The van der Waals surface area contributed by atoms with Crippen LogP contribution in [0.4, 0.5) is 0 Å². The highest BCUT2D eigenvalue weighted by Crippen LogP contribution is 2.31. The average Bonchev–Trinajstić information content (AvgIpc) is 2.18. The first kappa shape index (κ1) is 12.4. The van der Waals surface area contributed by atoms with Gasteiger partial charge in [-0.25, -0.2) is 0 Å². The number of halogens is 1. The van der Waals surface area contributed by atoms with Gasteiger partial charge in [0.2, 0.25) is 0 Å². The molecule has 0 fully saturated rings. The molecule has 1 aromatic rings. The number of hydrogen-bond donors (Lipinski definition) is 1. The zero-order valence-electron chi connectivity index (χ0n) is 8.40. The van der Waals surface area contributed by atoms with Crippen molar-refractivity contribution in [2.24, 2.45) is 0 Å². The van der Waals surface area contributed by atoms with Crippen molar-refractivity contribution in [3.63, 3.8) is 0 Å². The number of thioether (sulfide) groups is 1. The minimum atomic E-state index is 0.163. The molecule has 1 rings (SSSR count). The van der Waals surface area contributed by atoms with Crippen molar-refractivity contribution in [1.29, 1.82) is 5.26 Å². The fraction of sp³-hybridized carbons (Fsp3) is 0.364. The maximum atomic E-state index is 8.94. The Kier molecular flexibility index (Phi) is 4.97. The lowest BCUT2D eigenvalue weighted by atomic mass is 10.2. The maximum absolute atomic E-state index is 8.94. The van der Waals surface area contributed by atoms with Crippen LogP contribution < -0.4 is 0 Å². The zero-order valence-corrected chi connectivity index (χ0v) is 9.98. The van der Waals surface area contributed by atoms with Crippen molar-refractivity contribution in [3.05, 3.63) is 28.8 Å². The average molecular weight is 242 g/mol. The molecule has 80 valence electrons. The van der Waals surface area contributed by atoms with Crippen molar-refractivity contribution in [2.45, 2.75) is 23.5 Å². The quantitative estimate of drug-likeness (QED) is 0.824. The van der Waals surface area contributed by atoms with Gasteiger partial charge in [0.05, 0.1) is 10.6 Å². The summed E-state index contributed by atoms with van der Waals surface area (Å²) in [7, 11) is 0. The minimum Gasteiger partial charge on any atom is -0.396 e. The number of nitrogens with zero attached hydrogens (tertiary/aromatic N) is 1. The van der Waals surface area contributed by atoms with Gasteiger partial charge in [-0.2, -0.15) is 5.26 Å². The van der Waals surface area contributed by atoms with Crippen LogP contribution in [0.5, 0.6) is 0 Å². The summed E-state index contributed by atoms with van der Waals surface area (Å²) in [6.45, 7) is 2.18. The third-order valence-electron chi connectivity index (χ3n) is 1.95. The SMILES string of the molecule is CC(CCO)Sc1cccc(Cl)c1C#N. The van der Waals surface area contributed by atoms with Gasteiger partial charge in [-0.1, -0.05) is 24.6 Å². The monoisotopic (exact) mass is 241 g/mol. The van der Waals surface area contributed by atoms with Gasteiger partial charge >= 0.3 is 0 Å². The maximum Gasteiger partial charge on any atom is 0.102 e. The Bertz CT molecular complexity index is 375.